The summed E-state index contributed by atoms with van der Waals surface area (Å²) >= 11 is 6.40. The highest BCUT2D eigenvalue weighted by atomic mass is 35.5. The number of hydrogen-bond acceptors (Lipinski definition) is 5. The van der Waals surface area contributed by atoms with E-state index >= 15 is 0 Å². The molecule has 1 atom stereocenters. The molecule has 41 heavy (non-hydrogen) atoms. The number of carbonyl (C=O) groups excluding carboxylic acids is 2. The summed E-state index contributed by atoms with van der Waals surface area (Å²) in [6.45, 7) is 2.22. The van der Waals surface area contributed by atoms with Gasteiger partial charge in [0.15, 0.2) is 0 Å². The second-order valence-corrected chi connectivity index (χ2v) is 11.7. The molecule has 0 bridgehead atoms. The predicted octanol–water partition coefficient (Wildman–Crippen LogP) is 5.31. The molecule has 2 heterocycles. The highest BCUT2D eigenvalue weighted by molar-refractivity contribution is 6.34. The maximum Gasteiger partial charge on any atom is 0.419 e. The number of nitrogens with zero attached hydrogens (tertiary/aromatic N) is 3. The molecule has 2 fully saturated rings. The number of hydrogen-bond donors (Lipinski definition) is 1. The number of carbonyl (C=O) groups is 2. The van der Waals surface area contributed by atoms with E-state index in [2.05, 4.69) is 4.90 Å². The number of benzene rings is 2. The van der Waals surface area contributed by atoms with Gasteiger partial charge < -0.3 is 25.2 Å². The molecule has 2 aliphatic heterocycles. The summed E-state index contributed by atoms with van der Waals surface area (Å²) in [4.78, 5) is 30.6. The van der Waals surface area contributed by atoms with Crippen molar-refractivity contribution in [2.24, 2.45) is 17.6 Å². The Hall–Kier alpha value is -2.98. The smallest absolute Gasteiger partial charge is 0.419 e. The van der Waals surface area contributed by atoms with E-state index in [1.807, 2.05) is 12.1 Å². The summed E-state index contributed by atoms with van der Waals surface area (Å²) in [6.07, 6.45) is -0.705. The molecule has 0 saturated carbocycles. The number of alkyl halides is 3. The maximum atomic E-state index is 14.2. The third-order valence-electron chi connectivity index (χ3n) is 8.45. The topological polar surface area (TPSA) is 79.1 Å². The van der Waals surface area contributed by atoms with Crippen LogP contribution in [0.25, 0.3) is 0 Å². The van der Waals surface area contributed by atoms with Crippen molar-refractivity contribution in [2.75, 3.05) is 52.3 Å². The Bertz CT molecular complexity index is 1240. The Kier molecular flexibility index (Phi) is 9.43. The first kappa shape index (κ1) is 31.0. The van der Waals surface area contributed by atoms with Gasteiger partial charge in [0, 0.05) is 46.0 Å². The van der Waals surface area contributed by atoms with Crippen LogP contribution in [0.3, 0.4) is 0 Å². The van der Waals surface area contributed by atoms with Crippen LogP contribution in [0.1, 0.15) is 48.0 Å². The average Bonchev–Trinajstić information content (AvgIpc) is 2.96. The lowest BCUT2D eigenvalue weighted by Gasteiger charge is -2.40. The van der Waals surface area contributed by atoms with Gasteiger partial charge in [0.2, 0.25) is 5.54 Å². The van der Waals surface area contributed by atoms with Gasteiger partial charge in [0.25, 0.3) is 11.8 Å². The summed E-state index contributed by atoms with van der Waals surface area (Å²) in [5.41, 5.74) is 3.88. The number of likely N-dealkylation sites (tertiary alicyclic amines) is 1. The summed E-state index contributed by atoms with van der Waals surface area (Å²) < 4.78 is 47.8. The molecule has 2 aromatic rings. The van der Waals surface area contributed by atoms with E-state index in [0.29, 0.717) is 35.3 Å². The maximum absolute atomic E-state index is 14.2. The number of amides is 2. The number of methoxy groups -OCH3 is 1. The van der Waals surface area contributed by atoms with Gasteiger partial charge in [-0.15, -0.1) is 0 Å². The first-order valence-corrected chi connectivity index (χ1v) is 14.3. The Morgan fingerprint density at radius 2 is 1.61 bits per heavy atom. The summed E-state index contributed by atoms with van der Waals surface area (Å²) in [5.74, 6) is -0.204. The minimum absolute atomic E-state index is 0.135. The zero-order valence-electron chi connectivity index (χ0n) is 23.7. The van der Waals surface area contributed by atoms with Gasteiger partial charge in [-0.2, -0.15) is 13.2 Å². The molecule has 224 valence electrons. The Morgan fingerprint density at radius 1 is 1.00 bits per heavy atom. The largest absolute Gasteiger partial charge is 0.497 e. The molecule has 11 heteroatoms. The van der Waals surface area contributed by atoms with Crippen molar-refractivity contribution in [3.63, 3.8) is 0 Å². The van der Waals surface area contributed by atoms with Crippen LogP contribution in [0.2, 0.25) is 5.02 Å². The number of anilines is 1. The Balaban J connectivity index is 1.31. The number of nitrogens with two attached hydrogens (primary N) is 1. The molecule has 0 aliphatic carbocycles. The third-order valence-corrected chi connectivity index (χ3v) is 8.76. The summed E-state index contributed by atoms with van der Waals surface area (Å²) in [7, 11) is 4.73. The molecule has 2 saturated heterocycles. The molecule has 0 spiro atoms. The Morgan fingerprint density at radius 3 is 2.15 bits per heavy atom. The molecule has 2 aromatic carbocycles. The fourth-order valence-corrected chi connectivity index (χ4v) is 6.17. The monoisotopic (exact) mass is 594 g/mol. The van der Waals surface area contributed by atoms with Crippen LogP contribution >= 0.6 is 11.6 Å². The second kappa shape index (κ2) is 12.5. The van der Waals surface area contributed by atoms with Crippen molar-refractivity contribution in [1.82, 2.24) is 9.80 Å². The fraction of sp³-hybridized carbons (Fsp3) is 0.533. The van der Waals surface area contributed by atoms with Gasteiger partial charge in [0.05, 0.1) is 17.7 Å². The van der Waals surface area contributed by atoms with Crippen LogP contribution < -0.4 is 15.4 Å². The summed E-state index contributed by atoms with van der Waals surface area (Å²) in [5, 5.41) is 0.433. The van der Waals surface area contributed by atoms with E-state index in [1.54, 1.807) is 20.2 Å². The highest BCUT2D eigenvalue weighted by Gasteiger charge is 2.60. The van der Waals surface area contributed by atoms with E-state index in [1.165, 1.54) is 41.2 Å². The van der Waals surface area contributed by atoms with Crippen LogP contribution in [0, 0.1) is 11.8 Å². The molecule has 0 unspecified atom stereocenters. The van der Waals surface area contributed by atoms with Crippen molar-refractivity contribution in [3.05, 3.63) is 58.6 Å². The van der Waals surface area contributed by atoms with E-state index in [0.717, 1.165) is 38.0 Å². The van der Waals surface area contributed by atoms with Crippen molar-refractivity contribution < 1.29 is 27.5 Å². The van der Waals surface area contributed by atoms with Gasteiger partial charge in [-0.1, -0.05) is 23.7 Å². The van der Waals surface area contributed by atoms with Crippen molar-refractivity contribution in [1.29, 1.82) is 0 Å². The number of piperidine rings is 2. The first-order valence-electron chi connectivity index (χ1n) is 13.9. The third kappa shape index (κ3) is 6.59. The van der Waals surface area contributed by atoms with Crippen LogP contribution in [0.15, 0.2) is 42.5 Å². The molecule has 2 amide bonds. The standard InChI is InChI=1S/C30H38ClF3N4O3/c1-36(2)27(39)25-8-7-23(19-26(25)31)37-13-9-20(10-14-37)17-21-11-15-38(16-12-21)28(40)29(35,30(32,33)34)22-5-4-6-24(18-22)41-3/h4-8,18-21H,9-17,35H2,1-3H3/t29-/m0/s1. The van der Waals surface area contributed by atoms with E-state index < -0.39 is 17.6 Å². The van der Waals surface area contributed by atoms with Crippen LogP contribution in [-0.2, 0) is 10.3 Å². The van der Waals surface area contributed by atoms with Crippen molar-refractivity contribution in [3.8, 4) is 5.75 Å². The predicted molar refractivity (Wildman–Crippen MR) is 153 cm³/mol. The lowest BCUT2D eigenvalue weighted by atomic mass is 9.81. The highest BCUT2D eigenvalue weighted by Crippen LogP contribution is 2.41. The Labute approximate surface area is 244 Å². The molecule has 4 rings (SSSR count). The number of ether oxygens (including phenoxy) is 1. The molecular weight excluding hydrogens is 557 g/mol. The zero-order valence-corrected chi connectivity index (χ0v) is 24.5. The lowest BCUT2D eigenvalue weighted by molar-refractivity contribution is -0.201. The fourth-order valence-electron chi connectivity index (χ4n) is 5.91. The molecule has 2 N–H and O–H groups in total. The quantitative estimate of drug-likeness (QED) is 0.470. The molecular formula is C30H38ClF3N4O3. The summed E-state index contributed by atoms with van der Waals surface area (Å²) in [6, 6.07) is 10.9. The van der Waals surface area contributed by atoms with Crippen LogP contribution in [0.4, 0.5) is 18.9 Å². The average molecular weight is 595 g/mol. The van der Waals surface area contributed by atoms with E-state index in [9.17, 15) is 22.8 Å². The first-order chi connectivity index (χ1) is 19.3. The van der Waals surface area contributed by atoms with Gasteiger partial charge in [0.1, 0.15) is 5.75 Å². The van der Waals surface area contributed by atoms with E-state index in [4.69, 9.17) is 22.1 Å². The molecule has 2 aliphatic rings. The van der Waals surface area contributed by atoms with E-state index in [-0.39, 0.29) is 30.3 Å². The minimum atomic E-state index is -4.96. The SMILES string of the molecule is COc1cccc([C@](N)(C(=O)N2CCC(CC3CCN(c4ccc(C(=O)N(C)C)c(Cl)c4)CC3)CC2)C(F)(F)F)c1. The molecule has 0 aromatic heterocycles. The zero-order chi connectivity index (χ0) is 29.9. The van der Waals surface area contributed by atoms with Crippen molar-refractivity contribution in [2.45, 2.75) is 43.8 Å². The van der Waals surface area contributed by atoms with Gasteiger partial charge in [-0.3, -0.25) is 9.59 Å². The second-order valence-electron chi connectivity index (χ2n) is 11.3. The number of halogens is 4. The van der Waals surface area contributed by atoms with Crippen LogP contribution in [-0.4, -0.2) is 75.2 Å². The normalized spacial score (nSPS) is 18.6. The van der Waals surface area contributed by atoms with Gasteiger partial charge in [-0.25, -0.2) is 0 Å². The van der Waals surface area contributed by atoms with Crippen LogP contribution in [0.5, 0.6) is 5.75 Å². The minimum Gasteiger partial charge on any atom is -0.497 e. The van der Waals surface area contributed by atoms with Gasteiger partial charge >= 0.3 is 6.18 Å². The number of rotatable bonds is 7. The lowest BCUT2D eigenvalue weighted by Crippen LogP contribution is -2.62. The molecule has 0 radical (unpaired) electrons. The van der Waals surface area contributed by atoms with Crippen molar-refractivity contribution >= 4 is 29.1 Å². The molecule has 7 nitrogen and oxygen atoms in total. The van der Waals surface area contributed by atoms with Gasteiger partial charge in [-0.05, 0) is 79.8 Å².